The van der Waals surface area contributed by atoms with Gasteiger partial charge in [0.15, 0.2) is 11.5 Å². The fraction of sp³-hybridized carbons (Fsp3) is 0.182. The van der Waals surface area contributed by atoms with Gasteiger partial charge in [-0.2, -0.15) is 0 Å². The molecule has 0 aliphatic carbocycles. The highest BCUT2D eigenvalue weighted by Crippen LogP contribution is 2.32. The van der Waals surface area contributed by atoms with Gasteiger partial charge in [0, 0.05) is 4.92 Å². The minimum absolute atomic E-state index is 0.317. The van der Waals surface area contributed by atoms with Crippen LogP contribution in [0.25, 0.3) is 0 Å². The molecule has 0 aliphatic heterocycles. The van der Waals surface area contributed by atoms with E-state index in [0.29, 0.717) is 30.3 Å². The van der Waals surface area contributed by atoms with E-state index in [1.807, 2.05) is 60.7 Å². The van der Waals surface area contributed by atoms with Crippen molar-refractivity contribution in [1.82, 2.24) is 0 Å². The average Bonchev–Trinajstić information content (AvgIpc) is 2.72. The minimum Gasteiger partial charge on any atom is -0.485 e. The third kappa shape index (κ3) is 5.56. The van der Waals surface area contributed by atoms with Crippen molar-refractivity contribution < 1.29 is 19.5 Å². The monoisotopic (exact) mass is 379 g/mol. The Hall–Kier alpha value is -3.38. The predicted molar refractivity (Wildman–Crippen MR) is 105 cm³/mol. The first-order valence-corrected chi connectivity index (χ1v) is 8.89. The van der Waals surface area contributed by atoms with Crippen LogP contribution in [0, 0.1) is 10.1 Å². The second-order valence-electron chi connectivity index (χ2n) is 6.29. The molecule has 28 heavy (non-hydrogen) atoms. The van der Waals surface area contributed by atoms with Crippen molar-refractivity contribution >= 4 is 0 Å². The van der Waals surface area contributed by atoms with Crippen molar-refractivity contribution in [3.8, 4) is 11.5 Å². The van der Waals surface area contributed by atoms with Crippen molar-refractivity contribution in [2.45, 2.75) is 19.3 Å². The third-order valence-corrected chi connectivity index (χ3v) is 4.15. The lowest BCUT2D eigenvalue weighted by Gasteiger charge is -2.15. The van der Waals surface area contributed by atoms with Crippen LogP contribution in [0.15, 0.2) is 78.9 Å². The smallest absolute Gasteiger partial charge is 0.233 e. The largest absolute Gasteiger partial charge is 0.485 e. The summed E-state index contributed by atoms with van der Waals surface area (Å²) in [5.74, 6) is 0.941. The van der Waals surface area contributed by atoms with E-state index in [0.717, 1.165) is 11.1 Å². The topological polar surface area (TPSA) is 81.8 Å². The summed E-state index contributed by atoms with van der Waals surface area (Å²) in [5.41, 5.74) is 2.40. The molecule has 1 atom stereocenters. The molecule has 6 nitrogen and oxygen atoms in total. The lowest BCUT2D eigenvalue weighted by atomic mass is 10.1. The van der Waals surface area contributed by atoms with Gasteiger partial charge in [-0.15, -0.1) is 0 Å². The van der Waals surface area contributed by atoms with Crippen molar-refractivity contribution in [3.05, 3.63) is 106 Å². The van der Waals surface area contributed by atoms with E-state index in [1.165, 1.54) is 0 Å². The SMILES string of the molecule is O=[N+]([O-])C[C@H](O)c1ccc(OCc2ccccc2)c(OCc2ccccc2)c1. The standard InChI is InChI=1S/C22H21NO5/c24-20(14-23(25)26)19-11-12-21(27-15-17-7-3-1-4-8-17)22(13-19)28-16-18-9-5-2-6-10-18/h1-13,20,24H,14-16H2/t20-/m0/s1. The first kappa shape index (κ1) is 19.4. The molecule has 0 amide bonds. The summed E-state index contributed by atoms with van der Waals surface area (Å²) in [6, 6.07) is 24.2. The maximum Gasteiger partial charge on any atom is 0.233 e. The zero-order valence-corrected chi connectivity index (χ0v) is 15.2. The molecule has 0 bridgehead atoms. The van der Waals surface area contributed by atoms with Gasteiger partial charge in [-0.05, 0) is 28.8 Å². The van der Waals surface area contributed by atoms with E-state index in [4.69, 9.17) is 9.47 Å². The zero-order valence-electron chi connectivity index (χ0n) is 15.2. The van der Waals surface area contributed by atoms with Crippen molar-refractivity contribution in [3.63, 3.8) is 0 Å². The number of aliphatic hydroxyl groups excluding tert-OH is 1. The molecule has 1 N–H and O–H groups in total. The Kier molecular flexibility index (Phi) is 6.59. The van der Waals surface area contributed by atoms with Crippen LogP contribution in [-0.4, -0.2) is 16.6 Å². The van der Waals surface area contributed by atoms with Gasteiger partial charge in [0.2, 0.25) is 6.54 Å². The van der Waals surface area contributed by atoms with Crippen molar-refractivity contribution in [2.75, 3.05) is 6.54 Å². The van der Waals surface area contributed by atoms with Gasteiger partial charge in [-0.3, -0.25) is 10.1 Å². The number of rotatable bonds is 9. The summed E-state index contributed by atoms with van der Waals surface area (Å²) in [4.78, 5) is 10.1. The molecular formula is C22H21NO5. The molecule has 0 unspecified atom stereocenters. The Bertz CT molecular complexity index is 899. The molecule has 144 valence electrons. The summed E-state index contributed by atoms with van der Waals surface area (Å²) in [6.07, 6.45) is -1.21. The summed E-state index contributed by atoms with van der Waals surface area (Å²) in [6.45, 7) is 0.110. The Morgan fingerprint density at radius 3 is 1.89 bits per heavy atom. The van der Waals surface area contributed by atoms with Crippen LogP contribution >= 0.6 is 0 Å². The summed E-state index contributed by atoms with van der Waals surface area (Å²) >= 11 is 0. The Balaban J connectivity index is 1.78. The number of aliphatic hydroxyl groups is 1. The summed E-state index contributed by atoms with van der Waals surface area (Å²) < 4.78 is 11.8. The van der Waals surface area contributed by atoms with Gasteiger partial charge >= 0.3 is 0 Å². The van der Waals surface area contributed by atoms with E-state index < -0.39 is 17.6 Å². The maximum absolute atomic E-state index is 10.7. The van der Waals surface area contributed by atoms with Crippen LogP contribution in [0.5, 0.6) is 11.5 Å². The quantitative estimate of drug-likeness (QED) is 0.446. The molecule has 0 aliphatic rings. The predicted octanol–water partition coefficient (Wildman–Crippen LogP) is 4.15. The van der Waals surface area contributed by atoms with Crippen molar-refractivity contribution in [2.24, 2.45) is 0 Å². The molecule has 0 aromatic heterocycles. The van der Waals surface area contributed by atoms with Crippen molar-refractivity contribution in [1.29, 1.82) is 0 Å². The molecule has 0 saturated carbocycles. The Morgan fingerprint density at radius 1 is 0.821 bits per heavy atom. The van der Waals surface area contributed by atoms with Gasteiger partial charge in [0.25, 0.3) is 0 Å². The zero-order chi connectivity index (χ0) is 19.8. The van der Waals surface area contributed by atoms with Crippen LogP contribution in [0.1, 0.15) is 22.8 Å². The van der Waals surface area contributed by atoms with E-state index in [-0.39, 0.29) is 0 Å². The average molecular weight is 379 g/mol. The van der Waals surface area contributed by atoms with Crippen LogP contribution in [0.4, 0.5) is 0 Å². The molecule has 0 saturated heterocycles. The lowest BCUT2D eigenvalue weighted by Crippen LogP contribution is -2.12. The van der Waals surface area contributed by atoms with Crippen LogP contribution in [0.2, 0.25) is 0 Å². The fourth-order valence-corrected chi connectivity index (χ4v) is 2.68. The first-order valence-electron chi connectivity index (χ1n) is 8.89. The van der Waals surface area contributed by atoms with Gasteiger partial charge in [-0.1, -0.05) is 66.7 Å². The lowest BCUT2D eigenvalue weighted by molar-refractivity contribution is -0.491. The number of hydrogen-bond acceptors (Lipinski definition) is 5. The van der Waals surface area contributed by atoms with Gasteiger partial charge in [0.05, 0.1) is 0 Å². The molecule has 0 radical (unpaired) electrons. The molecular weight excluding hydrogens is 358 g/mol. The molecule has 3 aromatic carbocycles. The van der Waals surface area contributed by atoms with Crippen LogP contribution in [-0.2, 0) is 13.2 Å². The van der Waals surface area contributed by atoms with Gasteiger partial charge < -0.3 is 14.6 Å². The van der Waals surface area contributed by atoms with E-state index in [2.05, 4.69) is 0 Å². The van der Waals surface area contributed by atoms with Crippen LogP contribution in [0.3, 0.4) is 0 Å². The second kappa shape index (κ2) is 9.53. The second-order valence-corrected chi connectivity index (χ2v) is 6.29. The summed E-state index contributed by atoms with van der Waals surface area (Å²) in [7, 11) is 0. The highest BCUT2D eigenvalue weighted by atomic mass is 16.6. The number of benzene rings is 3. The number of hydrogen-bond donors (Lipinski definition) is 1. The Labute approximate surface area is 163 Å². The molecule has 0 fully saturated rings. The van der Waals surface area contributed by atoms with Crippen LogP contribution < -0.4 is 9.47 Å². The molecule has 3 aromatic rings. The van der Waals surface area contributed by atoms with Gasteiger partial charge in [0.1, 0.15) is 19.3 Å². The highest BCUT2D eigenvalue weighted by molar-refractivity contribution is 5.44. The molecule has 0 spiro atoms. The summed E-state index contributed by atoms with van der Waals surface area (Å²) in [5, 5.41) is 20.8. The molecule has 6 heteroatoms. The number of nitro groups is 1. The van der Waals surface area contributed by atoms with E-state index in [1.54, 1.807) is 18.2 Å². The van der Waals surface area contributed by atoms with E-state index in [9.17, 15) is 15.2 Å². The maximum atomic E-state index is 10.7. The van der Waals surface area contributed by atoms with Gasteiger partial charge in [-0.25, -0.2) is 0 Å². The number of ether oxygens (including phenoxy) is 2. The normalized spacial score (nSPS) is 11.6. The fourth-order valence-electron chi connectivity index (χ4n) is 2.68. The minimum atomic E-state index is -1.21. The molecule has 3 rings (SSSR count). The third-order valence-electron chi connectivity index (χ3n) is 4.15. The first-order chi connectivity index (χ1) is 13.6. The van der Waals surface area contributed by atoms with E-state index >= 15 is 0 Å². The highest BCUT2D eigenvalue weighted by Gasteiger charge is 2.17. The Morgan fingerprint density at radius 2 is 1.36 bits per heavy atom. The molecule has 0 heterocycles. The number of nitrogens with zero attached hydrogens (tertiary/aromatic N) is 1.